The van der Waals surface area contributed by atoms with Crippen molar-refractivity contribution in [3.8, 4) is 5.75 Å². The van der Waals surface area contributed by atoms with Crippen molar-refractivity contribution in [2.75, 3.05) is 26.1 Å². The number of hydrogen-bond donors (Lipinski definition) is 1. The van der Waals surface area contributed by atoms with Gasteiger partial charge in [-0.25, -0.2) is 9.59 Å². The number of ether oxygens (including phenoxy) is 3. The maximum absolute atomic E-state index is 12.7. The highest BCUT2D eigenvalue weighted by molar-refractivity contribution is 6.37. The van der Waals surface area contributed by atoms with Crippen LogP contribution >= 0.6 is 23.2 Å². The van der Waals surface area contributed by atoms with Gasteiger partial charge in [-0.15, -0.1) is 0 Å². The third kappa shape index (κ3) is 4.74. The quantitative estimate of drug-likeness (QED) is 0.696. The number of anilines is 1. The molecule has 0 radical (unpaired) electrons. The van der Waals surface area contributed by atoms with Crippen LogP contribution in [0.25, 0.3) is 0 Å². The predicted molar refractivity (Wildman–Crippen MR) is 105 cm³/mol. The molecule has 0 aromatic heterocycles. The number of methoxy groups -OCH3 is 2. The van der Waals surface area contributed by atoms with Crippen molar-refractivity contribution in [1.82, 2.24) is 0 Å². The zero-order chi connectivity index (χ0) is 20.8. The number of rotatable bonds is 6. The van der Waals surface area contributed by atoms with Gasteiger partial charge >= 0.3 is 11.9 Å². The Morgan fingerprint density at radius 3 is 2.07 bits per heavy atom. The van der Waals surface area contributed by atoms with Crippen LogP contribution in [0.2, 0.25) is 10.0 Å². The van der Waals surface area contributed by atoms with Gasteiger partial charge < -0.3 is 19.5 Å². The normalized spacial score (nSPS) is 10.2. The van der Waals surface area contributed by atoms with Crippen LogP contribution in [-0.4, -0.2) is 38.7 Å². The van der Waals surface area contributed by atoms with E-state index in [9.17, 15) is 14.4 Å². The zero-order valence-electron chi connectivity index (χ0n) is 15.3. The molecule has 0 saturated heterocycles. The molecule has 2 aromatic rings. The molecule has 0 spiro atoms. The first-order valence-corrected chi connectivity index (χ1v) is 8.81. The fraction of sp³-hybridized carbons (Fsp3) is 0.211. The highest BCUT2D eigenvalue weighted by Gasteiger charge is 2.19. The van der Waals surface area contributed by atoms with Gasteiger partial charge in [-0.3, -0.25) is 4.79 Å². The van der Waals surface area contributed by atoms with E-state index >= 15 is 0 Å². The Morgan fingerprint density at radius 2 is 1.54 bits per heavy atom. The largest absolute Gasteiger partial charge is 0.491 e. The van der Waals surface area contributed by atoms with Crippen LogP contribution in [-0.2, 0) is 9.47 Å². The van der Waals surface area contributed by atoms with E-state index in [1.165, 1.54) is 44.6 Å². The van der Waals surface area contributed by atoms with Crippen molar-refractivity contribution in [2.24, 2.45) is 0 Å². The van der Waals surface area contributed by atoms with E-state index in [1.54, 1.807) is 6.92 Å². The molecule has 0 aliphatic carbocycles. The summed E-state index contributed by atoms with van der Waals surface area (Å²) < 4.78 is 14.7. The molecule has 0 saturated carbocycles. The summed E-state index contributed by atoms with van der Waals surface area (Å²) in [7, 11) is 2.42. The number of carbonyl (C=O) groups is 3. The minimum Gasteiger partial charge on any atom is -0.491 e. The van der Waals surface area contributed by atoms with Gasteiger partial charge in [0.1, 0.15) is 0 Å². The molecule has 0 fully saturated rings. The number of nitrogens with one attached hydrogen (secondary N) is 1. The Balaban J connectivity index is 2.41. The summed E-state index contributed by atoms with van der Waals surface area (Å²) in [5, 5.41) is 2.89. The highest BCUT2D eigenvalue weighted by atomic mass is 35.5. The molecule has 0 aliphatic rings. The monoisotopic (exact) mass is 425 g/mol. The lowest BCUT2D eigenvalue weighted by molar-refractivity contribution is 0.0587. The molecule has 0 heterocycles. The lowest BCUT2D eigenvalue weighted by atomic mass is 10.1. The molecule has 9 heteroatoms. The molecular weight excluding hydrogens is 409 g/mol. The van der Waals surface area contributed by atoms with E-state index in [1.807, 2.05) is 0 Å². The van der Waals surface area contributed by atoms with Crippen LogP contribution in [0.3, 0.4) is 0 Å². The average molecular weight is 426 g/mol. The maximum atomic E-state index is 12.7. The summed E-state index contributed by atoms with van der Waals surface area (Å²) in [4.78, 5) is 36.4. The van der Waals surface area contributed by atoms with Crippen molar-refractivity contribution >= 4 is 46.7 Å². The molecule has 0 bridgehead atoms. The first-order valence-electron chi connectivity index (χ1n) is 8.06. The SMILES string of the molecule is CCOc1c(Cl)cc(C(=O)Nc2cc(C(=O)OC)ccc2C(=O)OC)cc1Cl. The van der Waals surface area contributed by atoms with E-state index in [2.05, 4.69) is 10.1 Å². The second kappa shape index (κ2) is 9.43. The molecule has 148 valence electrons. The van der Waals surface area contributed by atoms with E-state index in [0.717, 1.165) is 0 Å². The molecule has 7 nitrogen and oxygen atoms in total. The molecule has 0 unspecified atom stereocenters. The second-order valence-corrected chi connectivity index (χ2v) is 6.21. The second-order valence-electron chi connectivity index (χ2n) is 5.40. The Hall–Kier alpha value is -2.77. The van der Waals surface area contributed by atoms with Crippen LogP contribution < -0.4 is 10.1 Å². The number of benzene rings is 2. The fourth-order valence-corrected chi connectivity index (χ4v) is 2.94. The first-order chi connectivity index (χ1) is 13.3. The smallest absolute Gasteiger partial charge is 0.339 e. The zero-order valence-corrected chi connectivity index (χ0v) is 16.8. The summed E-state index contributed by atoms with van der Waals surface area (Å²) in [5.41, 5.74) is 0.415. The number of amides is 1. The number of halogens is 2. The lowest BCUT2D eigenvalue weighted by Crippen LogP contribution is -2.16. The van der Waals surface area contributed by atoms with Gasteiger partial charge in [-0.2, -0.15) is 0 Å². The van der Waals surface area contributed by atoms with Crippen LogP contribution in [0.1, 0.15) is 38.0 Å². The topological polar surface area (TPSA) is 90.9 Å². The first kappa shape index (κ1) is 21.5. The van der Waals surface area contributed by atoms with E-state index in [0.29, 0.717) is 6.61 Å². The Labute approximate surface area is 171 Å². The standard InChI is InChI=1S/C19H17Cl2NO6/c1-4-28-16-13(20)7-11(8-14(16)21)17(23)22-15-9-10(18(24)26-2)5-6-12(15)19(25)27-3/h5-9H,4H2,1-3H3,(H,22,23). The molecule has 28 heavy (non-hydrogen) atoms. The van der Waals surface area contributed by atoms with Crippen molar-refractivity contribution in [3.63, 3.8) is 0 Å². The van der Waals surface area contributed by atoms with E-state index < -0.39 is 17.8 Å². The van der Waals surface area contributed by atoms with Crippen LogP contribution in [0, 0.1) is 0 Å². The van der Waals surface area contributed by atoms with Gasteiger partial charge in [-0.05, 0) is 37.3 Å². The van der Waals surface area contributed by atoms with Crippen molar-refractivity contribution in [1.29, 1.82) is 0 Å². The third-order valence-corrected chi connectivity index (χ3v) is 4.20. The fourth-order valence-electron chi connectivity index (χ4n) is 2.35. The van der Waals surface area contributed by atoms with Crippen LogP contribution in [0.15, 0.2) is 30.3 Å². The number of hydrogen-bond acceptors (Lipinski definition) is 6. The maximum Gasteiger partial charge on any atom is 0.339 e. The van der Waals surface area contributed by atoms with Crippen LogP contribution in [0.4, 0.5) is 5.69 Å². The summed E-state index contributed by atoms with van der Waals surface area (Å²) in [6.07, 6.45) is 0. The van der Waals surface area contributed by atoms with Crippen LogP contribution in [0.5, 0.6) is 5.75 Å². The molecule has 0 atom stereocenters. The Morgan fingerprint density at radius 1 is 0.929 bits per heavy atom. The van der Waals surface area contributed by atoms with Crippen molar-refractivity contribution in [2.45, 2.75) is 6.92 Å². The van der Waals surface area contributed by atoms with E-state index in [4.69, 9.17) is 32.7 Å². The van der Waals surface area contributed by atoms with Crippen molar-refractivity contribution < 1.29 is 28.6 Å². The number of carbonyl (C=O) groups excluding carboxylic acids is 3. The van der Waals surface area contributed by atoms with Gasteiger partial charge in [0.15, 0.2) is 5.75 Å². The lowest BCUT2D eigenvalue weighted by Gasteiger charge is -2.13. The predicted octanol–water partition coefficient (Wildman–Crippen LogP) is 4.22. The minimum atomic E-state index is -0.686. The third-order valence-electron chi connectivity index (χ3n) is 3.64. The highest BCUT2D eigenvalue weighted by Crippen LogP contribution is 2.34. The summed E-state index contributed by atoms with van der Waals surface area (Å²) >= 11 is 12.3. The molecule has 1 amide bonds. The van der Waals surface area contributed by atoms with E-state index in [-0.39, 0.29) is 38.2 Å². The summed E-state index contributed by atoms with van der Waals surface area (Å²) in [6.45, 7) is 2.13. The summed E-state index contributed by atoms with van der Waals surface area (Å²) in [5.74, 6) is -1.64. The average Bonchev–Trinajstić information content (AvgIpc) is 2.69. The Kier molecular flexibility index (Phi) is 7.25. The van der Waals surface area contributed by atoms with Gasteiger partial charge in [-0.1, -0.05) is 23.2 Å². The van der Waals surface area contributed by atoms with Gasteiger partial charge in [0.2, 0.25) is 0 Å². The number of esters is 2. The molecular formula is C19H17Cl2NO6. The van der Waals surface area contributed by atoms with Gasteiger partial charge in [0, 0.05) is 5.56 Å². The van der Waals surface area contributed by atoms with Crippen molar-refractivity contribution in [3.05, 3.63) is 57.1 Å². The minimum absolute atomic E-state index is 0.0617. The molecule has 1 N–H and O–H groups in total. The molecule has 2 rings (SSSR count). The van der Waals surface area contributed by atoms with Gasteiger partial charge in [0.05, 0.1) is 47.7 Å². The van der Waals surface area contributed by atoms with Gasteiger partial charge in [0.25, 0.3) is 5.91 Å². The molecule has 2 aromatic carbocycles. The Bertz CT molecular complexity index is 906. The molecule has 0 aliphatic heterocycles. The summed E-state index contributed by atoms with van der Waals surface area (Å²) in [6, 6.07) is 6.82.